The maximum Gasteiger partial charge on any atom is 0.338 e. The molecule has 0 heterocycles. The Morgan fingerprint density at radius 2 is 1.71 bits per heavy atom. The minimum Gasteiger partial charge on any atom is -0.456 e. The van der Waals surface area contributed by atoms with Gasteiger partial charge in [0.05, 0.1) is 16.0 Å². The Hall–Kier alpha value is -3.24. The molecule has 6 N–H and O–H groups in total. The van der Waals surface area contributed by atoms with E-state index in [-0.39, 0.29) is 23.7 Å². The summed E-state index contributed by atoms with van der Waals surface area (Å²) in [6.45, 7) is 5.16. The number of nitrogens with one attached hydrogen (secondary N) is 2. The standard InChI is InChI=1S/C21H26N4O5S/c1-21(2,3)30-20(27)15-7-4-8-16(12-15)25-18(26)10-11-24-31(28,29)17-9-5-6-14(13-17)19(22)23/h4-9,12-13,24H,10-11H2,1-3H3,(H3,22,23)(H,25,26)/p+1. The summed E-state index contributed by atoms with van der Waals surface area (Å²) in [6.07, 6.45) is -0.110. The van der Waals surface area contributed by atoms with E-state index in [9.17, 15) is 18.0 Å². The van der Waals surface area contributed by atoms with Crippen molar-refractivity contribution in [2.24, 2.45) is 5.73 Å². The van der Waals surface area contributed by atoms with E-state index >= 15 is 0 Å². The van der Waals surface area contributed by atoms with Crippen molar-refractivity contribution in [3.63, 3.8) is 0 Å². The van der Waals surface area contributed by atoms with Crippen molar-refractivity contribution >= 4 is 33.4 Å². The number of esters is 1. The smallest absolute Gasteiger partial charge is 0.338 e. The molecule has 1 amide bonds. The molecular weight excluding hydrogens is 420 g/mol. The molecule has 0 aromatic heterocycles. The van der Waals surface area contributed by atoms with Gasteiger partial charge in [0.15, 0.2) is 0 Å². The summed E-state index contributed by atoms with van der Waals surface area (Å²) in [7, 11) is -3.84. The second-order valence-electron chi connectivity index (χ2n) is 7.76. The third-order valence-corrected chi connectivity index (χ3v) is 5.36. The molecule has 2 rings (SSSR count). The van der Waals surface area contributed by atoms with Crippen LogP contribution in [-0.2, 0) is 19.6 Å². The highest BCUT2D eigenvalue weighted by Crippen LogP contribution is 2.16. The lowest BCUT2D eigenvalue weighted by Crippen LogP contribution is -2.46. The number of amides is 1. The molecule has 0 spiro atoms. The maximum atomic E-state index is 12.4. The Morgan fingerprint density at radius 1 is 1.06 bits per heavy atom. The van der Waals surface area contributed by atoms with Crippen molar-refractivity contribution < 1.29 is 28.2 Å². The van der Waals surface area contributed by atoms with Crippen LogP contribution in [0.5, 0.6) is 0 Å². The van der Waals surface area contributed by atoms with E-state index in [1.807, 2.05) is 0 Å². The molecule has 0 fully saturated rings. The number of anilines is 1. The second kappa shape index (κ2) is 9.71. The van der Waals surface area contributed by atoms with Crippen molar-refractivity contribution in [3.05, 3.63) is 59.7 Å². The SMILES string of the molecule is CC(C)(C)OC(=O)c1cccc(NC(=O)CCNS(=O)(=O)c2cccc(C(N)=[NH2+])c2)c1. The minimum absolute atomic E-state index is 0.00467. The Labute approximate surface area is 181 Å². The van der Waals surface area contributed by atoms with Crippen molar-refractivity contribution in [3.8, 4) is 0 Å². The predicted molar refractivity (Wildman–Crippen MR) is 117 cm³/mol. The molecule has 9 nitrogen and oxygen atoms in total. The third kappa shape index (κ3) is 7.50. The molecule has 0 unspecified atom stereocenters. The molecule has 0 saturated carbocycles. The molecule has 0 aliphatic carbocycles. The van der Waals surface area contributed by atoms with Gasteiger partial charge in [0, 0.05) is 18.7 Å². The van der Waals surface area contributed by atoms with Crippen molar-refractivity contribution in [2.75, 3.05) is 11.9 Å². The van der Waals surface area contributed by atoms with Gasteiger partial charge in [-0.3, -0.25) is 15.9 Å². The topological polar surface area (TPSA) is 153 Å². The summed E-state index contributed by atoms with van der Waals surface area (Å²) in [5, 5.41) is 8.13. The average Bonchev–Trinajstić information content (AvgIpc) is 2.67. The van der Waals surface area contributed by atoms with Gasteiger partial charge >= 0.3 is 5.97 Å². The second-order valence-corrected chi connectivity index (χ2v) is 9.53. The third-order valence-electron chi connectivity index (χ3n) is 3.90. The lowest BCUT2D eigenvalue weighted by molar-refractivity contribution is -0.116. The van der Waals surface area contributed by atoms with Crippen LogP contribution >= 0.6 is 0 Å². The molecule has 0 saturated heterocycles. The number of hydrogen-bond donors (Lipinski definition) is 4. The fourth-order valence-corrected chi connectivity index (χ4v) is 3.59. The quantitative estimate of drug-likeness (QED) is 0.261. The zero-order chi connectivity index (χ0) is 23.2. The van der Waals surface area contributed by atoms with Gasteiger partial charge in [0.25, 0.3) is 5.84 Å². The van der Waals surface area contributed by atoms with Crippen molar-refractivity contribution in [1.29, 1.82) is 0 Å². The van der Waals surface area contributed by atoms with Gasteiger partial charge in [-0.25, -0.2) is 17.9 Å². The number of sulfonamides is 1. The summed E-state index contributed by atoms with van der Waals surface area (Å²) >= 11 is 0. The molecule has 0 bridgehead atoms. The van der Waals surface area contributed by atoms with Crippen LogP contribution < -0.4 is 21.2 Å². The Bertz CT molecular complexity index is 1090. The Balaban J connectivity index is 1.94. The van der Waals surface area contributed by atoms with E-state index in [2.05, 4.69) is 10.0 Å². The van der Waals surface area contributed by atoms with Crippen LogP contribution in [0, 0.1) is 0 Å². The fourth-order valence-electron chi connectivity index (χ4n) is 2.51. The number of amidine groups is 1. The van der Waals surface area contributed by atoms with Crippen LogP contribution in [0.1, 0.15) is 43.1 Å². The zero-order valence-corrected chi connectivity index (χ0v) is 18.5. The van der Waals surface area contributed by atoms with Crippen LogP contribution in [0.15, 0.2) is 53.4 Å². The van der Waals surface area contributed by atoms with E-state index in [1.54, 1.807) is 45.0 Å². The summed E-state index contributed by atoms with van der Waals surface area (Å²) in [5.74, 6) is -0.920. The van der Waals surface area contributed by atoms with Crippen LogP contribution in [0.2, 0.25) is 0 Å². The number of carbonyl (C=O) groups is 2. The van der Waals surface area contributed by atoms with Crippen LogP contribution in [0.25, 0.3) is 0 Å². The van der Waals surface area contributed by atoms with Crippen molar-refractivity contribution in [2.45, 2.75) is 37.7 Å². The number of hydrogen-bond acceptors (Lipinski definition) is 5. The Morgan fingerprint density at radius 3 is 2.35 bits per heavy atom. The zero-order valence-electron chi connectivity index (χ0n) is 17.6. The number of carbonyl (C=O) groups excluding carboxylic acids is 2. The number of ether oxygens (including phenoxy) is 1. The van der Waals surface area contributed by atoms with Gasteiger partial charge < -0.3 is 10.1 Å². The van der Waals surface area contributed by atoms with Crippen molar-refractivity contribution in [1.82, 2.24) is 4.72 Å². The summed E-state index contributed by atoms with van der Waals surface area (Å²) < 4.78 is 32.5. The van der Waals surface area contributed by atoms with Gasteiger partial charge in [-0.15, -0.1) is 0 Å². The molecule has 0 aliphatic rings. The lowest BCUT2D eigenvalue weighted by Gasteiger charge is -2.19. The van der Waals surface area contributed by atoms with E-state index in [0.29, 0.717) is 16.8 Å². The predicted octanol–water partition coefficient (Wildman–Crippen LogP) is 0.413. The average molecular weight is 448 g/mol. The summed E-state index contributed by atoms with van der Waals surface area (Å²) in [5.41, 5.74) is 5.95. The van der Waals surface area contributed by atoms with Gasteiger partial charge in [-0.05, 0) is 57.2 Å². The van der Waals surface area contributed by atoms with Crippen LogP contribution in [0.4, 0.5) is 5.69 Å². The minimum atomic E-state index is -3.84. The fraction of sp³-hybridized carbons (Fsp3) is 0.286. The number of benzene rings is 2. The molecule has 166 valence electrons. The van der Waals surface area contributed by atoms with E-state index in [4.69, 9.17) is 15.9 Å². The van der Waals surface area contributed by atoms with E-state index in [0.717, 1.165) is 0 Å². The summed E-state index contributed by atoms with van der Waals surface area (Å²) in [6, 6.07) is 12.2. The molecule has 10 heteroatoms. The first kappa shape index (κ1) is 24.0. The normalized spacial score (nSPS) is 11.6. The lowest BCUT2D eigenvalue weighted by atomic mass is 10.1. The maximum absolute atomic E-state index is 12.4. The molecule has 2 aromatic carbocycles. The first-order valence-corrected chi connectivity index (χ1v) is 11.0. The van der Waals surface area contributed by atoms with Gasteiger partial charge in [0.1, 0.15) is 5.60 Å². The molecule has 0 aliphatic heterocycles. The highest BCUT2D eigenvalue weighted by Gasteiger charge is 2.19. The molecular formula is C21H27N4O5S+. The number of rotatable bonds is 8. The molecule has 0 atom stereocenters. The van der Waals surface area contributed by atoms with E-state index < -0.39 is 27.5 Å². The number of nitrogens with two attached hydrogens (primary N) is 2. The summed E-state index contributed by atoms with van der Waals surface area (Å²) in [4.78, 5) is 24.3. The Kier molecular flexibility index (Phi) is 7.53. The highest BCUT2D eigenvalue weighted by atomic mass is 32.2. The van der Waals surface area contributed by atoms with Gasteiger partial charge in [-0.2, -0.15) is 0 Å². The largest absolute Gasteiger partial charge is 0.456 e. The van der Waals surface area contributed by atoms with Gasteiger partial charge in [0.2, 0.25) is 15.9 Å². The highest BCUT2D eigenvalue weighted by molar-refractivity contribution is 7.89. The van der Waals surface area contributed by atoms with Crippen LogP contribution in [0.3, 0.4) is 0 Å². The molecule has 2 aromatic rings. The van der Waals surface area contributed by atoms with Gasteiger partial charge in [-0.1, -0.05) is 12.1 Å². The van der Waals surface area contributed by atoms with Crippen LogP contribution in [-0.4, -0.2) is 38.3 Å². The molecule has 31 heavy (non-hydrogen) atoms. The monoisotopic (exact) mass is 447 g/mol. The first-order chi connectivity index (χ1) is 14.4. The first-order valence-electron chi connectivity index (χ1n) is 9.49. The molecule has 0 radical (unpaired) electrons. The van der Waals surface area contributed by atoms with E-state index in [1.165, 1.54) is 24.3 Å².